The van der Waals surface area contributed by atoms with Crippen molar-refractivity contribution in [2.45, 2.75) is 56.1 Å². The van der Waals surface area contributed by atoms with E-state index in [1.807, 2.05) is 0 Å². The number of nitrogens with one attached hydrogen (secondary N) is 1. The molecule has 4 aliphatic rings. The van der Waals surface area contributed by atoms with E-state index in [0.717, 1.165) is 31.2 Å². The van der Waals surface area contributed by atoms with Crippen LogP contribution in [-0.2, 0) is 4.74 Å². The maximum atomic E-state index is 5.71. The standard InChI is InChI=1S/C14H24N2O/c1-2-4-13-12(3-1)15-10-14-6-8-17-9-11(14)5-7-16(13)14/h11-13,15H,1-10H2. The largest absolute Gasteiger partial charge is 0.381 e. The van der Waals surface area contributed by atoms with Crippen LogP contribution in [0.2, 0.25) is 0 Å². The molecule has 3 aliphatic heterocycles. The van der Waals surface area contributed by atoms with Gasteiger partial charge in [0, 0.05) is 36.7 Å². The third kappa shape index (κ3) is 1.45. The van der Waals surface area contributed by atoms with Crippen molar-refractivity contribution in [3.8, 4) is 0 Å². The van der Waals surface area contributed by atoms with E-state index in [0.29, 0.717) is 5.54 Å². The number of piperazine rings is 1. The molecule has 3 heterocycles. The normalized spacial score (nSPS) is 50.5. The van der Waals surface area contributed by atoms with Crippen molar-refractivity contribution in [1.82, 2.24) is 10.2 Å². The van der Waals surface area contributed by atoms with Crippen LogP contribution in [0.25, 0.3) is 0 Å². The van der Waals surface area contributed by atoms with Crippen LogP contribution in [0.3, 0.4) is 0 Å². The summed E-state index contributed by atoms with van der Waals surface area (Å²) in [5.74, 6) is 0.798. The Kier molecular flexibility index (Phi) is 2.50. The number of hydrogen-bond acceptors (Lipinski definition) is 3. The fraction of sp³-hybridized carbons (Fsp3) is 1.00. The molecule has 96 valence electrons. The molecule has 4 rings (SSSR count). The highest BCUT2D eigenvalue weighted by atomic mass is 16.5. The van der Waals surface area contributed by atoms with Gasteiger partial charge in [-0.3, -0.25) is 4.90 Å². The number of nitrogens with zero attached hydrogens (tertiary/aromatic N) is 1. The molecule has 17 heavy (non-hydrogen) atoms. The molecule has 0 radical (unpaired) electrons. The molecule has 3 heteroatoms. The highest BCUT2D eigenvalue weighted by Crippen LogP contribution is 2.46. The molecule has 4 unspecified atom stereocenters. The summed E-state index contributed by atoms with van der Waals surface area (Å²) in [6.07, 6.45) is 8.32. The maximum absolute atomic E-state index is 5.71. The zero-order chi connectivity index (χ0) is 11.3. The van der Waals surface area contributed by atoms with Gasteiger partial charge in [0.05, 0.1) is 6.61 Å². The first-order valence-corrected chi connectivity index (χ1v) is 7.48. The van der Waals surface area contributed by atoms with Crippen molar-refractivity contribution >= 4 is 0 Å². The van der Waals surface area contributed by atoms with Crippen molar-refractivity contribution in [3.63, 3.8) is 0 Å². The lowest BCUT2D eigenvalue weighted by Crippen LogP contribution is -2.70. The van der Waals surface area contributed by atoms with Crippen LogP contribution in [0.5, 0.6) is 0 Å². The third-order valence-corrected chi connectivity index (χ3v) is 5.85. The molecule has 1 aliphatic carbocycles. The van der Waals surface area contributed by atoms with Crippen LogP contribution >= 0.6 is 0 Å². The Labute approximate surface area is 104 Å². The quantitative estimate of drug-likeness (QED) is 0.688. The maximum Gasteiger partial charge on any atom is 0.0512 e. The average Bonchev–Trinajstić information content (AvgIpc) is 2.78. The number of fused-ring (bicyclic) bond motifs is 2. The van der Waals surface area contributed by atoms with Gasteiger partial charge in [0.25, 0.3) is 0 Å². The van der Waals surface area contributed by atoms with Crippen molar-refractivity contribution in [2.24, 2.45) is 5.92 Å². The summed E-state index contributed by atoms with van der Waals surface area (Å²) in [6.45, 7) is 4.54. The summed E-state index contributed by atoms with van der Waals surface area (Å²) in [4.78, 5) is 2.90. The summed E-state index contributed by atoms with van der Waals surface area (Å²) in [5.41, 5.74) is 0.469. The molecule has 0 amide bonds. The zero-order valence-electron chi connectivity index (χ0n) is 10.7. The smallest absolute Gasteiger partial charge is 0.0512 e. The second-order valence-electron chi connectivity index (χ2n) is 6.45. The minimum absolute atomic E-state index is 0.469. The number of rotatable bonds is 0. The van der Waals surface area contributed by atoms with E-state index < -0.39 is 0 Å². The Morgan fingerprint density at radius 1 is 1.18 bits per heavy atom. The topological polar surface area (TPSA) is 24.5 Å². The van der Waals surface area contributed by atoms with Crippen LogP contribution in [0.15, 0.2) is 0 Å². The highest BCUT2D eigenvalue weighted by molar-refractivity contribution is 5.12. The molecule has 0 bridgehead atoms. The third-order valence-electron chi connectivity index (χ3n) is 5.85. The van der Waals surface area contributed by atoms with Gasteiger partial charge in [-0.25, -0.2) is 0 Å². The first kappa shape index (κ1) is 10.8. The van der Waals surface area contributed by atoms with E-state index in [9.17, 15) is 0 Å². The molecule has 3 nitrogen and oxygen atoms in total. The van der Waals surface area contributed by atoms with Gasteiger partial charge in [-0.15, -0.1) is 0 Å². The molecule has 4 fully saturated rings. The summed E-state index contributed by atoms with van der Waals surface area (Å²) < 4.78 is 5.71. The Bertz CT molecular complexity index is 309. The Balaban J connectivity index is 1.64. The summed E-state index contributed by atoms with van der Waals surface area (Å²) in [7, 11) is 0. The van der Waals surface area contributed by atoms with Crippen LogP contribution in [0, 0.1) is 5.92 Å². The van der Waals surface area contributed by atoms with E-state index in [2.05, 4.69) is 10.2 Å². The second kappa shape index (κ2) is 3.94. The summed E-state index contributed by atoms with van der Waals surface area (Å²) in [6, 6.07) is 1.62. The monoisotopic (exact) mass is 236 g/mol. The summed E-state index contributed by atoms with van der Waals surface area (Å²) in [5, 5.41) is 3.89. The SMILES string of the molecule is C1CCC2C(C1)NCC13CCOCC1CCN23. The lowest BCUT2D eigenvalue weighted by atomic mass is 9.75. The van der Waals surface area contributed by atoms with Crippen molar-refractivity contribution < 1.29 is 4.74 Å². The van der Waals surface area contributed by atoms with Crippen LogP contribution < -0.4 is 5.32 Å². The fourth-order valence-electron chi connectivity index (χ4n) is 4.94. The van der Waals surface area contributed by atoms with Crippen LogP contribution in [0.1, 0.15) is 38.5 Å². The number of hydrogen-bond donors (Lipinski definition) is 1. The van der Waals surface area contributed by atoms with Crippen molar-refractivity contribution in [1.29, 1.82) is 0 Å². The molecular formula is C14H24N2O. The van der Waals surface area contributed by atoms with Crippen molar-refractivity contribution in [3.05, 3.63) is 0 Å². The van der Waals surface area contributed by atoms with Crippen LogP contribution in [0.4, 0.5) is 0 Å². The predicted octanol–water partition coefficient (Wildman–Crippen LogP) is 1.38. The molecule has 1 spiro atoms. The van der Waals surface area contributed by atoms with E-state index in [1.165, 1.54) is 51.6 Å². The van der Waals surface area contributed by atoms with Gasteiger partial charge in [-0.05, 0) is 32.2 Å². The van der Waals surface area contributed by atoms with E-state index >= 15 is 0 Å². The van der Waals surface area contributed by atoms with Gasteiger partial charge in [0.1, 0.15) is 0 Å². The Morgan fingerprint density at radius 3 is 3.12 bits per heavy atom. The van der Waals surface area contributed by atoms with Crippen LogP contribution in [-0.4, -0.2) is 48.8 Å². The molecule has 1 saturated carbocycles. The van der Waals surface area contributed by atoms with E-state index in [4.69, 9.17) is 4.74 Å². The first-order valence-electron chi connectivity index (χ1n) is 7.48. The van der Waals surface area contributed by atoms with Gasteiger partial charge in [-0.1, -0.05) is 12.8 Å². The van der Waals surface area contributed by atoms with Gasteiger partial charge in [-0.2, -0.15) is 0 Å². The zero-order valence-corrected chi connectivity index (χ0v) is 10.7. The Hall–Kier alpha value is -0.120. The van der Waals surface area contributed by atoms with Gasteiger partial charge >= 0.3 is 0 Å². The molecular weight excluding hydrogens is 212 g/mol. The Morgan fingerprint density at radius 2 is 2.12 bits per heavy atom. The van der Waals surface area contributed by atoms with E-state index in [1.54, 1.807) is 0 Å². The highest BCUT2D eigenvalue weighted by Gasteiger charge is 2.55. The number of ether oxygens (including phenoxy) is 1. The van der Waals surface area contributed by atoms with E-state index in [-0.39, 0.29) is 0 Å². The predicted molar refractivity (Wildman–Crippen MR) is 67.0 cm³/mol. The lowest BCUT2D eigenvalue weighted by Gasteiger charge is -2.56. The molecule has 4 atom stereocenters. The minimum Gasteiger partial charge on any atom is -0.381 e. The molecule has 0 aromatic rings. The average molecular weight is 236 g/mol. The van der Waals surface area contributed by atoms with Gasteiger partial charge in [0.15, 0.2) is 0 Å². The second-order valence-corrected chi connectivity index (χ2v) is 6.45. The lowest BCUT2D eigenvalue weighted by molar-refractivity contribution is -0.0812. The molecule has 1 N–H and O–H groups in total. The minimum atomic E-state index is 0.469. The molecule has 0 aromatic carbocycles. The first-order chi connectivity index (χ1) is 8.40. The summed E-state index contributed by atoms with van der Waals surface area (Å²) >= 11 is 0. The molecule has 0 aromatic heterocycles. The van der Waals surface area contributed by atoms with Gasteiger partial charge in [0.2, 0.25) is 0 Å². The fourth-order valence-corrected chi connectivity index (χ4v) is 4.94. The van der Waals surface area contributed by atoms with Crippen molar-refractivity contribution in [2.75, 3.05) is 26.3 Å². The molecule has 3 saturated heterocycles. The van der Waals surface area contributed by atoms with Gasteiger partial charge < -0.3 is 10.1 Å².